The molecule has 0 aliphatic rings. The van der Waals surface area contributed by atoms with E-state index < -0.39 is 0 Å². The van der Waals surface area contributed by atoms with Crippen LogP contribution in [0.4, 0.5) is 0 Å². The molecule has 7 heavy (non-hydrogen) atoms. The molecule has 0 heterocycles. The first kappa shape index (κ1) is 6.91. The smallest absolute Gasteiger partial charge is 0.00540 e. The van der Waals surface area contributed by atoms with E-state index in [-0.39, 0.29) is 0 Å². The molecule has 0 bridgehead atoms. The van der Waals surface area contributed by atoms with Gasteiger partial charge in [-0.3, -0.25) is 0 Å². The van der Waals surface area contributed by atoms with Crippen LogP contribution in [0.5, 0.6) is 0 Å². The first-order chi connectivity index (χ1) is 3.41. The van der Waals surface area contributed by atoms with Crippen LogP contribution in [0.3, 0.4) is 0 Å². The molecule has 0 saturated carbocycles. The molecule has 0 N–H and O–H groups in total. The molecule has 0 unspecified atom stereocenters. The van der Waals surface area contributed by atoms with E-state index >= 15 is 0 Å². The Balaban J connectivity index is 2.78. The molecule has 0 aromatic carbocycles. The van der Waals surface area contributed by atoms with Crippen LogP contribution in [0.15, 0.2) is 0 Å². The Bertz CT molecular complexity index is 75.9. The number of thioether (sulfide) groups is 1. The van der Waals surface area contributed by atoms with Crippen LogP contribution in [-0.2, 0) is 0 Å². The van der Waals surface area contributed by atoms with Crippen LogP contribution in [-0.4, -0.2) is 5.75 Å². The molecule has 0 atom stereocenters. The number of hydrogen-bond acceptors (Lipinski definition) is 1. The standard InChI is InChI=1S/C6H10S/c1-3-5-7-6-4-2/h3,5H2,1-2H3. The van der Waals surface area contributed by atoms with E-state index in [1.54, 1.807) is 11.8 Å². The van der Waals surface area contributed by atoms with Gasteiger partial charge in [-0.1, -0.05) is 24.6 Å². The highest BCUT2D eigenvalue weighted by Gasteiger charge is 1.72. The molecule has 0 rings (SSSR count). The summed E-state index contributed by atoms with van der Waals surface area (Å²) in [5.74, 6) is 3.98. The van der Waals surface area contributed by atoms with Crippen LogP contribution in [0.2, 0.25) is 0 Å². The summed E-state index contributed by atoms with van der Waals surface area (Å²) < 4.78 is 0. The molecule has 0 spiro atoms. The van der Waals surface area contributed by atoms with E-state index in [1.807, 2.05) is 6.92 Å². The first-order valence-electron chi connectivity index (χ1n) is 2.45. The lowest BCUT2D eigenvalue weighted by molar-refractivity contribution is 1.11. The van der Waals surface area contributed by atoms with Crippen molar-refractivity contribution in [2.75, 3.05) is 5.75 Å². The fourth-order valence-corrected chi connectivity index (χ4v) is 0.676. The summed E-state index contributed by atoms with van der Waals surface area (Å²) in [6.07, 6.45) is 1.22. The van der Waals surface area contributed by atoms with Gasteiger partial charge in [0.2, 0.25) is 0 Å². The maximum atomic E-state index is 2.92. The summed E-state index contributed by atoms with van der Waals surface area (Å²) in [6.45, 7) is 4.02. The van der Waals surface area contributed by atoms with Gasteiger partial charge in [0, 0.05) is 5.75 Å². The highest BCUT2D eigenvalue weighted by Crippen LogP contribution is 1.96. The van der Waals surface area contributed by atoms with Gasteiger partial charge in [-0.25, -0.2) is 0 Å². The van der Waals surface area contributed by atoms with Gasteiger partial charge in [0.05, 0.1) is 0 Å². The van der Waals surface area contributed by atoms with Crippen LogP contribution in [0, 0.1) is 11.2 Å². The van der Waals surface area contributed by atoms with Crippen molar-refractivity contribution in [1.29, 1.82) is 0 Å². The fraction of sp³-hybridized carbons (Fsp3) is 0.667. The monoisotopic (exact) mass is 114 g/mol. The maximum Gasteiger partial charge on any atom is 0.00540 e. The van der Waals surface area contributed by atoms with E-state index in [0.717, 1.165) is 0 Å². The number of rotatable bonds is 2. The molecule has 0 fully saturated rings. The Labute approximate surface area is 49.7 Å². The summed E-state index contributed by atoms with van der Waals surface area (Å²) in [5, 5.41) is 2.92. The topological polar surface area (TPSA) is 0 Å². The van der Waals surface area contributed by atoms with Crippen molar-refractivity contribution < 1.29 is 0 Å². The zero-order valence-electron chi connectivity index (χ0n) is 4.82. The Hall–Kier alpha value is -0.0900. The number of hydrogen-bond donors (Lipinski definition) is 0. The average Bonchev–Trinajstić information content (AvgIpc) is 1.69. The van der Waals surface area contributed by atoms with Gasteiger partial charge in [0.25, 0.3) is 0 Å². The lowest BCUT2D eigenvalue weighted by Gasteiger charge is -1.80. The average molecular weight is 114 g/mol. The molecule has 0 nitrogen and oxygen atoms in total. The summed E-state index contributed by atoms with van der Waals surface area (Å²) in [4.78, 5) is 0. The van der Waals surface area contributed by atoms with Crippen LogP contribution in [0.25, 0.3) is 0 Å². The quantitative estimate of drug-likeness (QED) is 0.391. The molecule has 40 valence electrons. The highest BCUT2D eigenvalue weighted by atomic mass is 32.2. The second-order valence-electron chi connectivity index (χ2n) is 1.20. The Morgan fingerprint density at radius 2 is 2.29 bits per heavy atom. The van der Waals surface area contributed by atoms with Gasteiger partial charge in [-0.05, 0) is 18.6 Å². The summed E-state index contributed by atoms with van der Waals surface area (Å²) >= 11 is 1.69. The normalized spacial score (nSPS) is 7.14. The first-order valence-corrected chi connectivity index (χ1v) is 3.44. The summed E-state index contributed by atoms with van der Waals surface area (Å²) in [7, 11) is 0. The predicted octanol–water partition coefficient (Wildman–Crippen LogP) is 2.11. The Morgan fingerprint density at radius 3 is 2.71 bits per heavy atom. The second kappa shape index (κ2) is 5.91. The molecule has 0 aliphatic carbocycles. The van der Waals surface area contributed by atoms with Gasteiger partial charge in [-0.2, -0.15) is 0 Å². The van der Waals surface area contributed by atoms with E-state index in [2.05, 4.69) is 18.1 Å². The van der Waals surface area contributed by atoms with Gasteiger partial charge in [-0.15, -0.1) is 0 Å². The van der Waals surface area contributed by atoms with Crippen LogP contribution < -0.4 is 0 Å². The van der Waals surface area contributed by atoms with Crippen molar-refractivity contribution in [2.45, 2.75) is 20.3 Å². The van der Waals surface area contributed by atoms with E-state index in [9.17, 15) is 0 Å². The van der Waals surface area contributed by atoms with Gasteiger partial charge < -0.3 is 0 Å². The molecular formula is C6H10S. The van der Waals surface area contributed by atoms with Crippen molar-refractivity contribution >= 4 is 11.8 Å². The van der Waals surface area contributed by atoms with Crippen molar-refractivity contribution in [3.8, 4) is 11.2 Å². The van der Waals surface area contributed by atoms with E-state index in [0.29, 0.717) is 0 Å². The second-order valence-corrected chi connectivity index (χ2v) is 2.10. The highest BCUT2D eigenvalue weighted by molar-refractivity contribution is 8.03. The van der Waals surface area contributed by atoms with Crippen LogP contribution >= 0.6 is 11.8 Å². The Morgan fingerprint density at radius 1 is 1.57 bits per heavy atom. The van der Waals surface area contributed by atoms with Gasteiger partial charge >= 0.3 is 0 Å². The van der Waals surface area contributed by atoms with Crippen molar-refractivity contribution in [1.82, 2.24) is 0 Å². The minimum atomic E-state index is 1.17. The zero-order valence-corrected chi connectivity index (χ0v) is 5.64. The van der Waals surface area contributed by atoms with Crippen molar-refractivity contribution in [3.05, 3.63) is 0 Å². The third-order valence-corrected chi connectivity index (χ3v) is 1.44. The van der Waals surface area contributed by atoms with Gasteiger partial charge in [0.1, 0.15) is 0 Å². The van der Waals surface area contributed by atoms with Crippen molar-refractivity contribution in [2.24, 2.45) is 0 Å². The van der Waals surface area contributed by atoms with Crippen molar-refractivity contribution in [3.63, 3.8) is 0 Å². The molecular weight excluding hydrogens is 104 g/mol. The predicted molar refractivity (Wildman–Crippen MR) is 36.2 cm³/mol. The molecule has 0 aromatic rings. The SMILES string of the molecule is CC#CSCCC. The van der Waals surface area contributed by atoms with Crippen LogP contribution in [0.1, 0.15) is 20.3 Å². The van der Waals surface area contributed by atoms with Gasteiger partial charge in [0.15, 0.2) is 0 Å². The lowest BCUT2D eigenvalue weighted by atomic mass is 10.6. The minimum Gasteiger partial charge on any atom is -0.0947 e. The maximum absolute atomic E-state index is 2.92. The molecule has 0 saturated heterocycles. The Kier molecular flexibility index (Phi) is 5.83. The molecule has 1 heteroatoms. The minimum absolute atomic E-state index is 1.17. The molecule has 0 aliphatic heterocycles. The molecule has 0 amide bonds. The zero-order chi connectivity index (χ0) is 5.54. The molecule has 0 radical (unpaired) electrons. The largest absolute Gasteiger partial charge is 0.0947 e. The van der Waals surface area contributed by atoms with E-state index in [4.69, 9.17) is 0 Å². The third kappa shape index (κ3) is 5.91. The fourth-order valence-electron chi connectivity index (χ4n) is 0.225. The summed E-state index contributed by atoms with van der Waals surface area (Å²) in [6, 6.07) is 0. The summed E-state index contributed by atoms with van der Waals surface area (Å²) in [5.41, 5.74) is 0. The third-order valence-electron chi connectivity index (χ3n) is 0.480. The lowest BCUT2D eigenvalue weighted by Crippen LogP contribution is -1.65. The van der Waals surface area contributed by atoms with E-state index in [1.165, 1.54) is 12.2 Å². The molecule has 0 aromatic heterocycles.